The first kappa shape index (κ1) is 22.5. The number of phenolic OH excluding ortho intramolecular Hbond substituents is 1. The van der Waals surface area contributed by atoms with Crippen molar-refractivity contribution in [1.82, 2.24) is 20.0 Å². The number of nitrogens with one attached hydrogen (secondary N) is 2. The maximum Gasteiger partial charge on any atom is 0.337 e. The SMILES string of the molecule is COC(=O)c1cccc(NC(=O)c2cc(-n3cc(CNc4cccc(C)n4)nn3)ccc2O)c1. The molecule has 0 unspecified atom stereocenters. The molecule has 0 saturated heterocycles. The van der Waals surface area contributed by atoms with Gasteiger partial charge in [-0.2, -0.15) is 0 Å². The van der Waals surface area contributed by atoms with E-state index in [2.05, 4.69) is 25.9 Å². The molecule has 0 saturated carbocycles. The molecule has 0 aliphatic carbocycles. The quantitative estimate of drug-likeness (QED) is 0.360. The summed E-state index contributed by atoms with van der Waals surface area (Å²) in [4.78, 5) is 28.9. The number of phenols is 1. The van der Waals surface area contributed by atoms with Crippen LogP contribution in [0.5, 0.6) is 5.75 Å². The maximum atomic E-state index is 12.8. The van der Waals surface area contributed by atoms with Crippen molar-refractivity contribution in [1.29, 1.82) is 0 Å². The molecule has 1 amide bonds. The fraction of sp³-hybridized carbons (Fsp3) is 0.125. The van der Waals surface area contributed by atoms with Gasteiger partial charge in [-0.15, -0.1) is 5.10 Å². The van der Waals surface area contributed by atoms with Gasteiger partial charge in [0.05, 0.1) is 36.7 Å². The Morgan fingerprint density at radius 2 is 1.91 bits per heavy atom. The van der Waals surface area contributed by atoms with Crippen LogP contribution in [-0.2, 0) is 11.3 Å². The van der Waals surface area contributed by atoms with E-state index in [1.54, 1.807) is 30.5 Å². The van der Waals surface area contributed by atoms with Crippen molar-refractivity contribution >= 4 is 23.4 Å². The molecule has 4 aromatic rings. The van der Waals surface area contributed by atoms with Crippen LogP contribution in [0.1, 0.15) is 32.1 Å². The van der Waals surface area contributed by atoms with Gasteiger partial charge in [-0.3, -0.25) is 4.79 Å². The molecule has 2 heterocycles. The number of anilines is 2. The summed E-state index contributed by atoms with van der Waals surface area (Å²) in [5, 5.41) is 24.4. The van der Waals surface area contributed by atoms with E-state index < -0.39 is 11.9 Å². The van der Waals surface area contributed by atoms with Crippen molar-refractivity contribution in [3.05, 3.63) is 89.4 Å². The third-order valence-corrected chi connectivity index (χ3v) is 4.91. The molecule has 3 N–H and O–H groups in total. The highest BCUT2D eigenvalue weighted by Gasteiger charge is 2.15. The highest BCUT2D eigenvalue weighted by atomic mass is 16.5. The number of carbonyl (C=O) groups excluding carboxylic acids is 2. The van der Waals surface area contributed by atoms with E-state index in [-0.39, 0.29) is 11.3 Å². The molecule has 2 aromatic carbocycles. The molecule has 0 radical (unpaired) electrons. The molecule has 0 aliphatic heterocycles. The smallest absolute Gasteiger partial charge is 0.337 e. The second-order valence-corrected chi connectivity index (χ2v) is 7.40. The zero-order chi connectivity index (χ0) is 24.1. The van der Waals surface area contributed by atoms with Gasteiger partial charge in [0, 0.05) is 11.4 Å². The average Bonchev–Trinajstić information content (AvgIpc) is 3.32. The summed E-state index contributed by atoms with van der Waals surface area (Å²) < 4.78 is 6.21. The fourth-order valence-corrected chi connectivity index (χ4v) is 3.22. The Kier molecular flexibility index (Phi) is 6.49. The van der Waals surface area contributed by atoms with Crippen molar-refractivity contribution in [2.45, 2.75) is 13.5 Å². The molecule has 10 heteroatoms. The monoisotopic (exact) mass is 458 g/mol. The van der Waals surface area contributed by atoms with Crippen molar-refractivity contribution in [2.75, 3.05) is 17.7 Å². The first-order valence-electron chi connectivity index (χ1n) is 10.3. The Hall–Kier alpha value is -4.73. The van der Waals surface area contributed by atoms with E-state index in [0.717, 1.165) is 11.5 Å². The first-order valence-corrected chi connectivity index (χ1v) is 10.3. The van der Waals surface area contributed by atoms with Gasteiger partial charge in [0.1, 0.15) is 17.3 Å². The van der Waals surface area contributed by atoms with E-state index in [4.69, 9.17) is 4.74 Å². The molecular weight excluding hydrogens is 436 g/mol. The van der Waals surface area contributed by atoms with E-state index >= 15 is 0 Å². The molecular formula is C24H22N6O4. The Balaban J connectivity index is 1.49. The average molecular weight is 458 g/mol. The Labute approximate surface area is 195 Å². The van der Waals surface area contributed by atoms with Gasteiger partial charge in [0.2, 0.25) is 0 Å². The van der Waals surface area contributed by atoms with E-state index in [1.165, 1.54) is 30.0 Å². The molecule has 0 fully saturated rings. The van der Waals surface area contributed by atoms with Gasteiger partial charge in [0.25, 0.3) is 5.91 Å². The molecule has 10 nitrogen and oxygen atoms in total. The summed E-state index contributed by atoms with van der Waals surface area (Å²) in [6.45, 7) is 2.33. The number of aromatic nitrogens is 4. The first-order chi connectivity index (χ1) is 16.4. The van der Waals surface area contributed by atoms with Crippen LogP contribution in [0.25, 0.3) is 5.69 Å². The van der Waals surface area contributed by atoms with Gasteiger partial charge in [-0.05, 0) is 55.5 Å². The van der Waals surface area contributed by atoms with Crippen molar-refractivity contribution in [3.63, 3.8) is 0 Å². The number of rotatable bonds is 7. The number of methoxy groups -OCH3 is 1. The van der Waals surface area contributed by atoms with Crippen LogP contribution in [0, 0.1) is 6.92 Å². The number of aromatic hydroxyl groups is 1. The third kappa shape index (κ3) is 5.18. The van der Waals surface area contributed by atoms with Gasteiger partial charge in [0.15, 0.2) is 0 Å². The lowest BCUT2D eigenvalue weighted by Crippen LogP contribution is -2.13. The summed E-state index contributed by atoms with van der Waals surface area (Å²) in [5.41, 5.74) is 2.83. The number of carbonyl (C=O) groups is 2. The summed E-state index contributed by atoms with van der Waals surface area (Å²) in [7, 11) is 1.28. The predicted molar refractivity (Wildman–Crippen MR) is 125 cm³/mol. The predicted octanol–water partition coefficient (Wildman–Crippen LogP) is 3.33. The summed E-state index contributed by atoms with van der Waals surface area (Å²) >= 11 is 0. The Morgan fingerprint density at radius 1 is 1.09 bits per heavy atom. The summed E-state index contributed by atoms with van der Waals surface area (Å²) in [6, 6.07) is 16.5. The molecule has 172 valence electrons. The molecule has 0 atom stereocenters. The maximum absolute atomic E-state index is 12.8. The van der Waals surface area contributed by atoms with E-state index in [0.29, 0.717) is 29.2 Å². The zero-order valence-electron chi connectivity index (χ0n) is 18.5. The van der Waals surface area contributed by atoms with Crippen LogP contribution in [0.3, 0.4) is 0 Å². The second-order valence-electron chi connectivity index (χ2n) is 7.40. The lowest BCUT2D eigenvalue weighted by molar-refractivity contribution is 0.0600. The van der Waals surface area contributed by atoms with Gasteiger partial charge >= 0.3 is 5.97 Å². The van der Waals surface area contributed by atoms with E-state index in [1.807, 2.05) is 25.1 Å². The highest BCUT2D eigenvalue weighted by molar-refractivity contribution is 6.07. The molecule has 0 spiro atoms. The second kappa shape index (κ2) is 9.82. The number of pyridine rings is 1. The van der Waals surface area contributed by atoms with E-state index in [9.17, 15) is 14.7 Å². The van der Waals surface area contributed by atoms with Crippen LogP contribution < -0.4 is 10.6 Å². The molecule has 4 rings (SSSR count). The van der Waals surface area contributed by atoms with Crippen LogP contribution >= 0.6 is 0 Å². The largest absolute Gasteiger partial charge is 0.507 e. The zero-order valence-corrected chi connectivity index (χ0v) is 18.5. The number of amides is 1. The number of benzene rings is 2. The normalized spacial score (nSPS) is 10.5. The number of aryl methyl sites for hydroxylation is 1. The Morgan fingerprint density at radius 3 is 2.71 bits per heavy atom. The topological polar surface area (TPSA) is 131 Å². The van der Waals surface area contributed by atoms with Crippen molar-refractivity contribution < 1.29 is 19.4 Å². The van der Waals surface area contributed by atoms with Crippen LogP contribution in [0.4, 0.5) is 11.5 Å². The minimum absolute atomic E-state index is 0.0418. The number of hydrogen-bond acceptors (Lipinski definition) is 8. The lowest BCUT2D eigenvalue weighted by atomic mass is 10.1. The fourth-order valence-electron chi connectivity index (χ4n) is 3.22. The molecule has 0 bridgehead atoms. The highest BCUT2D eigenvalue weighted by Crippen LogP contribution is 2.23. The van der Waals surface area contributed by atoms with Crippen LogP contribution in [-0.4, -0.2) is 44.1 Å². The van der Waals surface area contributed by atoms with Gasteiger partial charge < -0.3 is 20.5 Å². The van der Waals surface area contributed by atoms with Crippen LogP contribution in [0.2, 0.25) is 0 Å². The minimum atomic E-state index is -0.547. The van der Waals surface area contributed by atoms with Crippen molar-refractivity contribution in [2.24, 2.45) is 0 Å². The van der Waals surface area contributed by atoms with Crippen LogP contribution in [0.15, 0.2) is 66.9 Å². The number of hydrogen-bond donors (Lipinski definition) is 3. The minimum Gasteiger partial charge on any atom is -0.507 e. The standard InChI is InChI=1S/C24H22N6O4/c1-15-5-3-8-22(26-15)25-13-18-14-30(29-28-18)19-9-10-21(31)20(12-19)23(32)27-17-7-4-6-16(11-17)24(33)34-2/h3-12,14,31H,13H2,1-2H3,(H,25,26)(H,27,32). The van der Waals surface area contributed by atoms with Crippen molar-refractivity contribution in [3.8, 4) is 11.4 Å². The lowest BCUT2D eigenvalue weighted by Gasteiger charge is -2.10. The molecule has 0 aliphatic rings. The third-order valence-electron chi connectivity index (χ3n) is 4.91. The number of ether oxygens (including phenoxy) is 1. The summed E-state index contributed by atoms with van der Waals surface area (Å²) in [6.07, 6.45) is 1.72. The van der Waals surface area contributed by atoms with Gasteiger partial charge in [-0.25, -0.2) is 14.5 Å². The Bertz CT molecular complexity index is 1350. The number of esters is 1. The molecule has 34 heavy (non-hydrogen) atoms. The van der Waals surface area contributed by atoms with Gasteiger partial charge in [-0.1, -0.05) is 17.3 Å². The summed E-state index contributed by atoms with van der Waals surface area (Å²) in [5.74, 6) is -0.531. The molecule has 2 aromatic heterocycles. The number of nitrogens with zero attached hydrogens (tertiary/aromatic N) is 4.